The number of rotatable bonds is 4. The monoisotopic (exact) mass is 241 g/mol. The lowest BCUT2D eigenvalue weighted by molar-refractivity contribution is -0.142. The summed E-state index contributed by atoms with van der Waals surface area (Å²) >= 11 is 5.80. The summed E-state index contributed by atoms with van der Waals surface area (Å²) in [5.41, 5.74) is 1.08. The molecule has 0 aliphatic carbocycles. The Labute approximate surface area is 101 Å². The van der Waals surface area contributed by atoms with Gasteiger partial charge in [0, 0.05) is 11.1 Å². The number of carbonyl (C=O) groups excluding carboxylic acids is 1. The van der Waals surface area contributed by atoms with Crippen molar-refractivity contribution in [3.63, 3.8) is 0 Å². The van der Waals surface area contributed by atoms with Crippen LogP contribution < -0.4 is 5.32 Å². The van der Waals surface area contributed by atoms with E-state index in [2.05, 4.69) is 10.1 Å². The van der Waals surface area contributed by atoms with E-state index in [1.54, 1.807) is 6.92 Å². The van der Waals surface area contributed by atoms with Gasteiger partial charge >= 0.3 is 5.97 Å². The Morgan fingerprint density at radius 2 is 1.88 bits per heavy atom. The Bertz CT molecular complexity index is 351. The standard InChI is InChI=1S/C12H16ClNO2/c1-8(14-9(2)12(15)16-3)10-4-6-11(13)7-5-10/h4-9,14H,1-3H3/t8-,9?/m0/s1. The SMILES string of the molecule is COC(=O)C(C)N[C@@H](C)c1ccc(Cl)cc1. The van der Waals surface area contributed by atoms with Gasteiger partial charge in [-0.05, 0) is 31.5 Å². The van der Waals surface area contributed by atoms with Crippen molar-refractivity contribution in [1.29, 1.82) is 0 Å². The predicted octanol–water partition coefficient (Wildman–Crippen LogP) is 2.55. The average molecular weight is 242 g/mol. The van der Waals surface area contributed by atoms with Gasteiger partial charge < -0.3 is 4.74 Å². The molecule has 0 spiro atoms. The van der Waals surface area contributed by atoms with Gasteiger partial charge in [-0.15, -0.1) is 0 Å². The van der Waals surface area contributed by atoms with Crippen molar-refractivity contribution in [1.82, 2.24) is 5.32 Å². The summed E-state index contributed by atoms with van der Waals surface area (Å²) in [6, 6.07) is 7.28. The maximum atomic E-state index is 11.2. The van der Waals surface area contributed by atoms with Crippen LogP contribution in [0, 0.1) is 0 Å². The van der Waals surface area contributed by atoms with Gasteiger partial charge in [-0.2, -0.15) is 0 Å². The molecule has 88 valence electrons. The van der Waals surface area contributed by atoms with Crippen molar-refractivity contribution in [2.75, 3.05) is 7.11 Å². The van der Waals surface area contributed by atoms with Gasteiger partial charge in [0.1, 0.15) is 6.04 Å². The number of halogens is 1. The quantitative estimate of drug-likeness (QED) is 0.824. The number of hydrogen-bond donors (Lipinski definition) is 1. The van der Waals surface area contributed by atoms with Crippen LogP contribution in [0.4, 0.5) is 0 Å². The maximum absolute atomic E-state index is 11.2. The molecule has 1 rings (SSSR count). The maximum Gasteiger partial charge on any atom is 0.322 e. The normalized spacial score (nSPS) is 14.2. The van der Waals surface area contributed by atoms with Gasteiger partial charge in [0.05, 0.1) is 7.11 Å². The van der Waals surface area contributed by atoms with E-state index in [1.807, 2.05) is 31.2 Å². The van der Waals surface area contributed by atoms with Crippen LogP contribution in [0.3, 0.4) is 0 Å². The third-order valence-corrected chi connectivity index (χ3v) is 2.68. The highest BCUT2D eigenvalue weighted by molar-refractivity contribution is 6.30. The Kier molecular flexibility index (Phi) is 4.77. The topological polar surface area (TPSA) is 38.3 Å². The fourth-order valence-electron chi connectivity index (χ4n) is 1.47. The fourth-order valence-corrected chi connectivity index (χ4v) is 1.59. The van der Waals surface area contributed by atoms with Gasteiger partial charge in [0.25, 0.3) is 0 Å². The molecule has 0 bridgehead atoms. The highest BCUT2D eigenvalue weighted by Crippen LogP contribution is 2.16. The molecule has 0 aromatic heterocycles. The molecule has 0 saturated carbocycles. The van der Waals surface area contributed by atoms with E-state index < -0.39 is 0 Å². The lowest BCUT2D eigenvalue weighted by Crippen LogP contribution is -2.36. The van der Waals surface area contributed by atoms with E-state index in [0.717, 1.165) is 5.56 Å². The van der Waals surface area contributed by atoms with Gasteiger partial charge in [0.15, 0.2) is 0 Å². The van der Waals surface area contributed by atoms with Crippen molar-refractivity contribution in [3.05, 3.63) is 34.9 Å². The summed E-state index contributed by atoms with van der Waals surface area (Å²) in [4.78, 5) is 11.2. The zero-order valence-corrected chi connectivity index (χ0v) is 10.4. The first-order valence-electron chi connectivity index (χ1n) is 5.14. The molecule has 1 unspecified atom stereocenters. The molecule has 1 aromatic rings. The third-order valence-electron chi connectivity index (χ3n) is 2.42. The zero-order valence-electron chi connectivity index (χ0n) is 9.66. The second-order valence-electron chi connectivity index (χ2n) is 3.68. The first-order chi connectivity index (χ1) is 7.54. The van der Waals surface area contributed by atoms with E-state index >= 15 is 0 Å². The lowest BCUT2D eigenvalue weighted by Gasteiger charge is -2.18. The number of hydrogen-bond acceptors (Lipinski definition) is 3. The second kappa shape index (κ2) is 5.87. The second-order valence-corrected chi connectivity index (χ2v) is 4.12. The van der Waals surface area contributed by atoms with Crippen molar-refractivity contribution >= 4 is 17.6 Å². The summed E-state index contributed by atoms with van der Waals surface area (Å²) in [6.07, 6.45) is 0. The molecule has 1 aromatic carbocycles. The van der Waals surface area contributed by atoms with Gasteiger partial charge in [0.2, 0.25) is 0 Å². The summed E-state index contributed by atoms with van der Waals surface area (Å²) in [5.74, 6) is -0.263. The van der Waals surface area contributed by atoms with E-state index in [4.69, 9.17) is 11.6 Å². The van der Waals surface area contributed by atoms with Crippen LogP contribution in [0.25, 0.3) is 0 Å². The minimum absolute atomic E-state index is 0.0753. The molecule has 16 heavy (non-hydrogen) atoms. The predicted molar refractivity (Wildman–Crippen MR) is 64.5 cm³/mol. The number of nitrogens with one attached hydrogen (secondary N) is 1. The van der Waals surface area contributed by atoms with Gasteiger partial charge in [-0.1, -0.05) is 23.7 Å². The van der Waals surface area contributed by atoms with Crippen molar-refractivity contribution in [2.24, 2.45) is 0 Å². The minimum Gasteiger partial charge on any atom is -0.468 e. The molecular weight excluding hydrogens is 226 g/mol. The molecule has 2 atom stereocenters. The van der Waals surface area contributed by atoms with Crippen LogP contribution in [0.15, 0.2) is 24.3 Å². The highest BCUT2D eigenvalue weighted by atomic mass is 35.5. The van der Waals surface area contributed by atoms with Crippen molar-refractivity contribution in [3.8, 4) is 0 Å². The van der Waals surface area contributed by atoms with Crippen LogP contribution in [0.5, 0.6) is 0 Å². The van der Waals surface area contributed by atoms with Crippen molar-refractivity contribution in [2.45, 2.75) is 25.9 Å². The molecule has 0 aliphatic rings. The molecule has 0 radical (unpaired) electrons. The molecule has 0 aliphatic heterocycles. The number of methoxy groups -OCH3 is 1. The first-order valence-corrected chi connectivity index (χ1v) is 5.51. The number of esters is 1. The van der Waals surface area contributed by atoms with Crippen molar-refractivity contribution < 1.29 is 9.53 Å². The summed E-state index contributed by atoms with van der Waals surface area (Å²) in [6.45, 7) is 3.76. The van der Waals surface area contributed by atoms with E-state index in [-0.39, 0.29) is 18.1 Å². The number of carbonyl (C=O) groups is 1. The first kappa shape index (κ1) is 13.0. The van der Waals surface area contributed by atoms with Gasteiger partial charge in [-0.25, -0.2) is 0 Å². The molecule has 4 heteroatoms. The van der Waals surface area contributed by atoms with Crippen LogP contribution in [0.1, 0.15) is 25.5 Å². The van der Waals surface area contributed by atoms with E-state index in [1.165, 1.54) is 7.11 Å². The average Bonchev–Trinajstić information content (AvgIpc) is 2.28. The third kappa shape index (κ3) is 3.51. The van der Waals surface area contributed by atoms with Crippen LogP contribution in [0.2, 0.25) is 5.02 Å². The molecule has 0 amide bonds. The molecule has 0 fully saturated rings. The minimum atomic E-state index is -0.323. The van der Waals surface area contributed by atoms with Crippen LogP contribution in [-0.4, -0.2) is 19.1 Å². The lowest BCUT2D eigenvalue weighted by atomic mass is 10.1. The summed E-state index contributed by atoms with van der Waals surface area (Å²) < 4.78 is 4.65. The fraction of sp³-hybridized carbons (Fsp3) is 0.417. The highest BCUT2D eigenvalue weighted by Gasteiger charge is 2.16. The Morgan fingerprint density at radius 3 is 2.38 bits per heavy atom. The van der Waals surface area contributed by atoms with E-state index in [0.29, 0.717) is 5.02 Å². The molecule has 0 heterocycles. The summed E-state index contributed by atoms with van der Waals surface area (Å²) in [5, 5.41) is 3.85. The molecule has 3 nitrogen and oxygen atoms in total. The molecule has 0 saturated heterocycles. The largest absolute Gasteiger partial charge is 0.468 e. The zero-order chi connectivity index (χ0) is 12.1. The van der Waals surface area contributed by atoms with Crippen LogP contribution >= 0.6 is 11.6 Å². The number of ether oxygens (including phenoxy) is 1. The molecule has 1 N–H and O–H groups in total. The van der Waals surface area contributed by atoms with Crippen LogP contribution in [-0.2, 0) is 9.53 Å². The summed E-state index contributed by atoms with van der Waals surface area (Å²) in [7, 11) is 1.38. The van der Waals surface area contributed by atoms with Gasteiger partial charge in [-0.3, -0.25) is 10.1 Å². The van der Waals surface area contributed by atoms with E-state index in [9.17, 15) is 4.79 Å². The molecular formula is C12H16ClNO2. The smallest absolute Gasteiger partial charge is 0.322 e. The number of benzene rings is 1. The Morgan fingerprint density at radius 1 is 1.31 bits per heavy atom. The Balaban J connectivity index is 2.61. The Hall–Kier alpha value is -1.06.